The molecule has 3 aromatic rings. The second-order valence-corrected chi connectivity index (χ2v) is 4.04. The van der Waals surface area contributed by atoms with E-state index < -0.39 is 0 Å². The van der Waals surface area contributed by atoms with Crippen molar-refractivity contribution < 1.29 is 0 Å². The zero-order valence-corrected chi connectivity index (χ0v) is 9.91. The highest BCUT2D eigenvalue weighted by molar-refractivity contribution is 5.78. The van der Waals surface area contributed by atoms with Crippen molar-refractivity contribution in [3.05, 3.63) is 30.6 Å². The van der Waals surface area contributed by atoms with Crippen LogP contribution in [-0.2, 0) is 0 Å². The first-order chi connectivity index (χ1) is 9.13. The summed E-state index contributed by atoms with van der Waals surface area (Å²) in [6.45, 7) is 0. The van der Waals surface area contributed by atoms with Crippen molar-refractivity contribution in [1.29, 1.82) is 0 Å². The summed E-state index contributed by atoms with van der Waals surface area (Å²) in [5, 5.41) is 0. The van der Waals surface area contributed by atoms with Crippen molar-refractivity contribution in [2.45, 2.75) is 0 Å². The minimum absolute atomic E-state index is 0.308. The standard InChI is InChI=1S/C12H11N7/c13-6-1-2-7(8(14)3-6)11-17-4-9-12(19-11)18-10(15)5-16-9/h1-5H,13-14H2,(H2,15,17,18,19). The van der Waals surface area contributed by atoms with Crippen LogP contribution in [-0.4, -0.2) is 19.9 Å². The number of benzene rings is 1. The lowest BCUT2D eigenvalue weighted by molar-refractivity contribution is 1.16. The normalized spacial score (nSPS) is 10.7. The molecule has 2 heterocycles. The first-order valence-corrected chi connectivity index (χ1v) is 5.54. The van der Waals surface area contributed by atoms with Gasteiger partial charge in [0.15, 0.2) is 11.5 Å². The second-order valence-electron chi connectivity index (χ2n) is 4.04. The van der Waals surface area contributed by atoms with E-state index in [1.54, 1.807) is 24.4 Å². The molecule has 1 aromatic carbocycles. The lowest BCUT2D eigenvalue weighted by Gasteiger charge is -2.05. The maximum absolute atomic E-state index is 5.91. The van der Waals surface area contributed by atoms with Crippen LogP contribution in [0.1, 0.15) is 0 Å². The van der Waals surface area contributed by atoms with Crippen LogP contribution in [0.15, 0.2) is 30.6 Å². The molecule has 0 spiro atoms. The SMILES string of the molecule is Nc1ccc(-c2ncc3ncc(N)nc3n2)c(N)c1. The third-order valence-electron chi connectivity index (χ3n) is 2.64. The van der Waals surface area contributed by atoms with Gasteiger partial charge in [0.1, 0.15) is 11.3 Å². The van der Waals surface area contributed by atoms with E-state index in [-0.39, 0.29) is 0 Å². The molecule has 0 amide bonds. The van der Waals surface area contributed by atoms with Crippen LogP contribution in [0.2, 0.25) is 0 Å². The maximum atomic E-state index is 5.91. The zero-order valence-electron chi connectivity index (χ0n) is 9.91. The van der Waals surface area contributed by atoms with Gasteiger partial charge in [-0.25, -0.2) is 19.9 Å². The van der Waals surface area contributed by atoms with Crippen molar-refractivity contribution in [2.75, 3.05) is 17.2 Å². The molecule has 0 saturated carbocycles. The van der Waals surface area contributed by atoms with Gasteiger partial charge in [-0.05, 0) is 18.2 Å². The summed E-state index contributed by atoms with van der Waals surface area (Å²) < 4.78 is 0. The van der Waals surface area contributed by atoms with Gasteiger partial charge in [0, 0.05) is 16.9 Å². The Hall–Kier alpha value is -2.96. The average Bonchev–Trinajstić information content (AvgIpc) is 2.38. The number of aromatic nitrogens is 4. The molecule has 0 radical (unpaired) electrons. The minimum atomic E-state index is 0.308. The molecule has 0 aliphatic heterocycles. The number of rotatable bonds is 1. The quantitative estimate of drug-likeness (QED) is 0.547. The Morgan fingerprint density at radius 2 is 1.74 bits per heavy atom. The van der Waals surface area contributed by atoms with Crippen LogP contribution in [0.4, 0.5) is 17.2 Å². The second kappa shape index (κ2) is 4.05. The molecule has 19 heavy (non-hydrogen) atoms. The molecule has 0 saturated heterocycles. The smallest absolute Gasteiger partial charge is 0.183 e. The highest BCUT2D eigenvalue weighted by Crippen LogP contribution is 2.25. The molecule has 0 bridgehead atoms. The number of anilines is 3. The maximum Gasteiger partial charge on any atom is 0.183 e. The molecule has 3 rings (SSSR count). The monoisotopic (exact) mass is 253 g/mol. The number of fused-ring (bicyclic) bond motifs is 1. The van der Waals surface area contributed by atoms with Crippen LogP contribution in [0.5, 0.6) is 0 Å². The fourth-order valence-corrected chi connectivity index (χ4v) is 1.74. The van der Waals surface area contributed by atoms with Gasteiger partial charge in [-0.3, -0.25) is 0 Å². The predicted molar refractivity (Wildman–Crippen MR) is 73.8 cm³/mol. The largest absolute Gasteiger partial charge is 0.399 e. The Bertz CT molecular complexity index is 769. The Morgan fingerprint density at radius 3 is 2.53 bits per heavy atom. The van der Waals surface area contributed by atoms with Gasteiger partial charge in [-0.15, -0.1) is 0 Å². The van der Waals surface area contributed by atoms with E-state index in [2.05, 4.69) is 19.9 Å². The summed E-state index contributed by atoms with van der Waals surface area (Å²) in [6, 6.07) is 5.17. The predicted octanol–water partition coefficient (Wildman–Crippen LogP) is 0.833. The van der Waals surface area contributed by atoms with E-state index in [0.717, 1.165) is 0 Å². The summed E-state index contributed by atoms with van der Waals surface area (Å²) >= 11 is 0. The van der Waals surface area contributed by atoms with Gasteiger partial charge in [-0.1, -0.05) is 0 Å². The van der Waals surface area contributed by atoms with Crippen LogP contribution < -0.4 is 17.2 Å². The van der Waals surface area contributed by atoms with Crippen LogP contribution in [0.3, 0.4) is 0 Å². The first-order valence-electron chi connectivity index (χ1n) is 5.54. The fourth-order valence-electron chi connectivity index (χ4n) is 1.74. The minimum Gasteiger partial charge on any atom is -0.399 e. The highest BCUT2D eigenvalue weighted by Gasteiger charge is 2.08. The van der Waals surface area contributed by atoms with Crippen molar-refractivity contribution in [3.8, 4) is 11.4 Å². The molecule has 7 heteroatoms. The molecule has 94 valence electrons. The molecular formula is C12H11N7. The number of hydrogen-bond acceptors (Lipinski definition) is 7. The third-order valence-corrected chi connectivity index (χ3v) is 2.64. The summed E-state index contributed by atoms with van der Waals surface area (Å²) in [7, 11) is 0. The molecule has 0 aliphatic rings. The molecule has 2 aromatic heterocycles. The van der Waals surface area contributed by atoms with E-state index >= 15 is 0 Å². The lowest BCUT2D eigenvalue weighted by Crippen LogP contribution is -1.99. The Morgan fingerprint density at radius 1 is 0.895 bits per heavy atom. The number of nitrogens with zero attached hydrogens (tertiary/aromatic N) is 4. The van der Waals surface area contributed by atoms with Crippen molar-refractivity contribution in [2.24, 2.45) is 0 Å². The third kappa shape index (κ3) is 1.97. The van der Waals surface area contributed by atoms with Gasteiger partial charge in [-0.2, -0.15) is 0 Å². The summed E-state index contributed by atoms with van der Waals surface area (Å²) in [6.07, 6.45) is 3.04. The first kappa shape index (κ1) is 11.1. The molecule has 6 N–H and O–H groups in total. The number of nitrogens with two attached hydrogens (primary N) is 3. The van der Waals surface area contributed by atoms with Gasteiger partial charge in [0.2, 0.25) is 0 Å². The molecule has 0 aliphatic carbocycles. The molecule has 0 fully saturated rings. The van der Waals surface area contributed by atoms with Gasteiger partial charge in [0.25, 0.3) is 0 Å². The van der Waals surface area contributed by atoms with E-state index in [9.17, 15) is 0 Å². The van der Waals surface area contributed by atoms with Gasteiger partial charge in [0.05, 0.1) is 12.4 Å². The Kier molecular flexibility index (Phi) is 2.38. The topological polar surface area (TPSA) is 130 Å². The Labute approximate surface area is 108 Å². The molecular weight excluding hydrogens is 242 g/mol. The van der Waals surface area contributed by atoms with Gasteiger partial charge >= 0.3 is 0 Å². The Balaban J connectivity index is 2.19. The molecule has 0 atom stereocenters. The summed E-state index contributed by atoms with van der Waals surface area (Å²) in [5.41, 5.74) is 20.0. The average molecular weight is 253 g/mol. The van der Waals surface area contributed by atoms with E-state index in [1.165, 1.54) is 6.20 Å². The number of nitrogen functional groups attached to an aromatic ring is 3. The van der Waals surface area contributed by atoms with Gasteiger partial charge < -0.3 is 17.2 Å². The van der Waals surface area contributed by atoms with Crippen molar-refractivity contribution in [3.63, 3.8) is 0 Å². The van der Waals surface area contributed by atoms with Crippen LogP contribution >= 0.6 is 0 Å². The lowest BCUT2D eigenvalue weighted by atomic mass is 10.1. The molecule has 0 unspecified atom stereocenters. The fraction of sp³-hybridized carbons (Fsp3) is 0. The van der Waals surface area contributed by atoms with Crippen molar-refractivity contribution in [1.82, 2.24) is 19.9 Å². The summed E-state index contributed by atoms with van der Waals surface area (Å²) in [5.74, 6) is 0.771. The van der Waals surface area contributed by atoms with E-state index in [4.69, 9.17) is 17.2 Å². The van der Waals surface area contributed by atoms with Crippen molar-refractivity contribution >= 4 is 28.4 Å². The highest BCUT2D eigenvalue weighted by atomic mass is 15.0. The number of hydrogen-bond donors (Lipinski definition) is 3. The van der Waals surface area contributed by atoms with E-state index in [0.29, 0.717) is 39.7 Å². The molecule has 7 nitrogen and oxygen atoms in total. The zero-order chi connectivity index (χ0) is 13.4. The summed E-state index contributed by atoms with van der Waals surface area (Å²) in [4.78, 5) is 16.7. The van der Waals surface area contributed by atoms with E-state index in [1.807, 2.05) is 0 Å². The van der Waals surface area contributed by atoms with Crippen LogP contribution in [0, 0.1) is 0 Å². The van der Waals surface area contributed by atoms with Crippen LogP contribution in [0.25, 0.3) is 22.6 Å².